The number of halogens is 4. The van der Waals surface area contributed by atoms with Crippen LogP contribution in [0.15, 0.2) is 54.7 Å². The number of benzene rings is 2. The molecule has 0 amide bonds. The van der Waals surface area contributed by atoms with E-state index in [0.29, 0.717) is 29.0 Å². The average molecular weight is 402 g/mol. The lowest BCUT2D eigenvalue weighted by Gasteiger charge is -2.18. The van der Waals surface area contributed by atoms with Gasteiger partial charge in [0.2, 0.25) is 0 Å². The zero-order valence-corrected chi connectivity index (χ0v) is 15.5. The van der Waals surface area contributed by atoms with E-state index < -0.39 is 12.1 Å². The molecule has 0 aliphatic carbocycles. The van der Waals surface area contributed by atoms with E-state index in [-0.39, 0.29) is 17.8 Å². The Hall–Kier alpha value is -3.16. The summed E-state index contributed by atoms with van der Waals surface area (Å²) in [6.45, 7) is 1.52. The van der Waals surface area contributed by atoms with Crippen LogP contribution in [0.2, 0.25) is 0 Å². The molecule has 0 fully saturated rings. The van der Waals surface area contributed by atoms with Crippen molar-refractivity contribution in [1.82, 2.24) is 19.7 Å². The maximum atomic E-state index is 13.5. The summed E-state index contributed by atoms with van der Waals surface area (Å²) >= 11 is 0. The number of hydrogen-bond acceptors (Lipinski definition) is 2. The van der Waals surface area contributed by atoms with Gasteiger partial charge in [-0.2, -0.15) is 18.3 Å². The topological polar surface area (TPSA) is 46.5 Å². The van der Waals surface area contributed by atoms with Crippen molar-refractivity contribution >= 4 is 11.0 Å². The van der Waals surface area contributed by atoms with E-state index in [9.17, 15) is 17.6 Å². The molecule has 2 aromatic heterocycles. The van der Waals surface area contributed by atoms with Gasteiger partial charge >= 0.3 is 6.18 Å². The summed E-state index contributed by atoms with van der Waals surface area (Å²) in [4.78, 5) is 7.58. The van der Waals surface area contributed by atoms with Gasteiger partial charge in [-0.1, -0.05) is 19.1 Å². The monoisotopic (exact) mass is 402 g/mol. The Balaban J connectivity index is 1.64. The minimum absolute atomic E-state index is 0.0250. The maximum Gasteiger partial charge on any atom is 0.395 e. The van der Waals surface area contributed by atoms with Crippen LogP contribution < -0.4 is 0 Å². The molecule has 1 N–H and O–H groups in total. The average Bonchev–Trinajstić information content (AvgIpc) is 3.27. The number of nitrogens with one attached hydrogen (secondary N) is 1. The predicted molar refractivity (Wildman–Crippen MR) is 102 cm³/mol. The van der Waals surface area contributed by atoms with Gasteiger partial charge < -0.3 is 4.98 Å². The lowest BCUT2D eigenvalue weighted by Crippen LogP contribution is -2.19. The van der Waals surface area contributed by atoms with Gasteiger partial charge in [-0.05, 0) is 48.4 Å². The van der Waals surface area contributed by atoms with Crippen LogP contribution in [0.1, 0.15) is 36.3 Å². The SMILES string of the molecule is CCC(c1ccc2nc(Cc3ccnn3-c3cccc(F)c3)[nH]c2c1)C(F)(F)F. The van der Waals surface area contributed by atoms with E-state index in [1.807, 2.05) is 0 Å². The van der Waals surface area contributed by atoms with Crippen molar-refractivity contribution in [3.63, 3.8) is 0 Å². The number of H-pyrrole nitrogens is 1. The van der Waals surface area contributed by atoms with Crippen molar-refractivity contribution in [1.29, 1.82) is 0 Å². The highest BCUT2D eigenvalue weighted by Gasteiger charge is 2.39. The summed E-state index contributed by atoms with van der Waals surface area (Å²) in [6, 6.07) is 12.5. The Labute approximate surface area is 164 Å². The highest BCUT2D eigenvalue weighted by Crippen LogP contribution is 2.38. The van der Waals surface area contributed by atoms with Gasteiger partial charge in [0.15, 0.2) is 0 Å². The van der Waals surface area contributed by atoms with Gasteiger partial charge in [0.05, 0.1) is 28.3 Å². The second-order valence-electron chi connectivity index (χ2n) is 6.85. The van der Waals surface area contributed by atoms with Crippen molar-refractivity contribution in [2.75, 3.05) is 0 Å². The van der Waals surface area contributed by atoms with Crippen molar-refractivity contribution in [3.05, 3.63) is 77.6 Å². The van der Waals surface area contributed by atoms with Crippen LogP contribution in [0, 0.1) is 5.82 Å². The van der Waals surface area contributed by atoms with Gasteiger partial charge in [0.1, 0.15) is 11.6 Å². The summed E-state index contributed by atoms with van der Waals surface area (Å²) < 4.78 is 54.8. The first kappa shape index (κ1) is 19.2. The van der Waals surface area contributed by atoms with Crippen LogP contribution in [0.4, 0.5) is 17.6 Å². The third-order valence-electron chi connectivity index (χ3n) is 4.88. The minimum Gasteiger partial charge on any atom is -0.342 e. The first-order valence-corrected chi connectivity index (χ1v) is 9.19. The van der Waals surface area contributed by atoms with E-state index >= 15 is 0 Å². The van der Waals surface area contributed by atoms with Gasteiger partial charge in [-0.25, -0.2) is 14.1 Å². The number of rotatable bonds is 5. The van der Waals surface area contributed by atoms with Crippen molar-refractivity contribution < 1.29 is 17.6 Å². The second-order valence-corrected chi connectivity index (χ2v) is 6.85. The fourth-order valence-electron chi connectivity index (χ4n) is 3.51. The molecule has 0 aliphatic rings. The number of alkyl halides is 3. The van der Waals surface area contributed by atoms with Crippen molar-refractivity contribution in [2.45, 2.75) is 31.9 Å². The van der Waals surface area contributed by atoms with Crippen LogP contribution >= 0.6 is 0 Å². The Morgan fingerprint density at radius 1 is 1.10 bits per heavy atom. The normalized spacial score (nSPS) is 13.1. The zero-order valence-electron chi connectivity index (χ0n) is 15.5. The van der Waals surface area contributed by atoms with E-state index in [0.717, 1.165) is 5.69 Å². The largest absolute Gasteiger partial charge is 0.395 e. The Morgan fingerprint density at radius 2 is 1.93 bits per heavy atom. The fourth-order valence-corrected chi connectivity index (χ4v) is 3.51. The predicted octanol–water partition coefficient (Wildman–Crippen LogP) is 5.53. The van der Waals surface area contributed by atoms with E-state index in [2.05, 4.69) is 15.1 Å². The second kappa shape index (κ2) is 7.35. The molecule has 0 radical (unpaired) electrons. The third kappa shape index (κ3) is 3.87. The first-order chi connectivity index (χ1) is 13.8. The molecule has 29 heavy (non-hydrogen) atoms. The fraction of sp³-hybridized carbons (Fsp3) is 0.238. The molecular weight excluding hydrogens is 384 g/mol. The Morgan fingerprint density at radius 3 is 2.66 bits per heavy atom. The van der Waals surface area contributed by atoms with Crippen LogP contribution in [-0.2, 0) is 6.42 Å². The van der Waals surface area contributed by atoms with Crippen LogP contribution in [-0.4, -0.2) is 25.9 Å². The number of imidazole rings is 1. The lowest BCUT2D eigenvalue weighted by atomic mass is 9.95. The highest BCUT2D eigenvalue weighted by molar-refractivity contribution is 5.76. The van der Waals surface area contributed by atoms with E-state index in [1.54, 1.807) is 35.1 Å². The molecule has 8 heteroatoms. The number of hydrogen-bond donors (Lipinski definition) is 1. The molecule has 2 heterocycles. The number of aromatic amines is 1. The minimum atomic E-state index is -4.29. The van der Waals surface area contributed by atoms with Crippen molar-refractivity contribution in [2.24, 2.45) is 0 Å². The standard InChI is InChI=1S/C21H18F4N4/c1-2-17(21(23,24)25)13-6-7-18-19(10-13)28-20(27-18)12-16-8-9-26-29(16)15-5-3-4-14(22)11-15/h3-11,17H,2,12H2,1H3,(H,27,28). The van der Waals surface area contributed by atoms with Gasteiger partial charge in [0.25, 0.3) is 0 Å². The van der Waals surface area contributed by atoms with E-state index in [1.165, 1.54) is 31.2 Å². The molecule has 0 spiro atoms. The molecule has 0 bridgehead atoms. The van der Waals surface area contributed by atoms with Gasteiger partial charge in [0, 0.05) is 12.6 Å². The number of nitrogens with zero attached hydrogens (tertiary/aromatic N) is 3. The zero-order chi connectivity index (χ0) is 20.6. The molecule has 0 aliphatic heterocycles. The smallest absolute Gasteiger partial charge is 0.342 e. The summed E-state index contributed by atoms with van der Waals surface area (Å²) in [5.41, 5.74) is 2.72. The lowest BCUT2D eigenvalue weighted by molar-refractivity contribution is -0.151. The summed E-state index contributed by atoms with van der Waals surface area (Å²) in [5, 5.41) is 4.24. The molecular formula is C21H18F4N4. The van der Waals surface area contributed by atoms with Crippen LogP contribution in [0.5, 0.6) is 0 Å². The summed E-state index contributed by atoms with van der Waals surface area (Å²) in [6.07, 6.45) is -2.33. The Bertz CT molecular complexity index is 1140. The number of fused-ring (bicyclic) bond motifs is 1. The van der Waals surface area contributed by atoms with Crippen molar-refractivity contribution in [3.8, 4) is 5.69 Å². The summed E-state index contributed by atoms with van der Waals surface area (Å²) in [5.74, 6) is -1.28. The quantitative estimate of drug-likeness (QED) is 0.446. The van der Waals surface area contributed by atoms with Crippen LogP contribution in [0.25, 0.3) is 16.7 Å². The third-order valence-corrected chi connectivity index (χ3v) is 4.88. The molecule has 1 atom stereocenters. The molecule has 2 aromatic carbocycles. The molecule has 150 valence electrons. The highest BCUT2D eigenvalue weighted by atomic mass is 19.4. The number of aromatic nitrogens is 4. The molecule has 1 unspecified atom stereocenters. The molecule has 4 nitrogen and oxygen atoms in total. The van der Waals surface area contributed by atoms with E-state index in [4.69, 9.17) is 0 Å². The first-order valence-electron chi connectivity index (χ1n) is 9.19. The maximum absolute atomic E-state index is 13.5. The van der Waals surface area contributed by atoms with Crippen LogP contribution in [0.3, 0.4) is 0 Å². The Kier molecular flexibility index (Phi) is 4.86. The molecule has 4 aromatic rings. The molecule has 0 saturated carbocycles. The van der Waals surface area contributed by atoms with Gasteiger partial charge in [-0.3, -0.25) is 0 Å². The molecule has 4 rings (SSSR count). The molecule has 0 saturated heterocycles. The van der Waals surface area contributed by atoms with Gasteiger partial charge in [-0.15, -0.1) is 0 Å². The summed E-state index contributed by atoms with van der Waals surface area (Å²) in [7, 11) is 0.